The average molecular weight is 191 g/mol. The molecule has 76 valence electrons. The Labute approximate surface area is 84.7 Å². The Bertz CT molecular complexity index is 307. The molecule has 1 saturated carbocycles. The highest BCUT2D eigenvalue weighted by Crippen LogP contribution is 2.59. The second-order valence-electron chi connectivity index (χ2n) is 4.36. The SMILES string of the molecule is C[C@H]1C[C@]1(CN)[C@@H](O)c1ccccc1. The lowest BCUT2D eigenvalue weighted by atomic mass is 9.91. The molecule has 1 fully saturated rings. The number of hydrogen-bond acceptors (Lipinski definition) is 2. The fourth-order valence-electron chi connectivity index (χ4n) is 2.26. The summed E-state index contributed by atoms with van der Waals surface area (Å²) in [5.74, 6) is 0.544. The van der Waals surface area contributed by atoms with E-state index in [4.69, 9.17) is 5.73 Å². The van der Waals surface area contributed by atoms with Crippen molar-refractivity contribution >= 4 is 0 Å². The Morgan fingerprint density at radius 1 is 1.50 bits per heavy atom. The van der Waals surface area contributed by atoms with Crippen molar-refractivity contribution in [2.75, 3.05) is 6.54 Å². The minimum absolute atomic E-state index is 0.0542. The van der Waals surface area contributed by atoms with Gasteiger partial charge in [-0.25, -0.2) is 0 Å². The standard InChI is InChI=1S/C12H17NO/c1-9-7-12(9,8-13)11(14)10-5-3-2-4-6-10/h2-6,9,11,14H,7-8,13H2,1H3/t9-,11-,12+/m0/s1. The molecular formula is C12H17NO. The molecule has 0 amide bonds. The molecule has 0 saturated heterocycles. The monoisotopic (exact) mass is 191 g/mol. The molecule has 2 nitrogen and oxygen atoms in total. The maximum absolute atomic E-state index is 10.2. The zero-order valence-corrected chi connectivity index (χ0v) is 8.48. The topological polar surface area (TPSA) is 46.2 Å². The molecule has 3 N–H and O–H groups in total. The van der Waals surface area contributed by atoms with E-state index in [0.717, 1.165) is 12.0 Å². The van der Waals surface area contributed by atoms with Crippen LogP contribution in [0.2, 0.25) is 0 Å². The molecule has 1 aliphatic carbocycles. The van der Waals surface area contributed by atoms with Gasteiger partial charge in [0, 0.05) is 12.0 Å². The van der Waals surface area contributed by atoms with Gasteiger partial charge in [0.25, 0.3) is 0 Å². The van der Waals surface area contributed by atoms with Crippen molar-refractivity contribution in [3.63, 3.8) is 0 Å². The maximum Gasteiger partial charge on any atom is 0.0860 e. The van der Waals surface area contributed by atoms with Gasteiger partial charge < -0.3 is 10.8 Å². The van der Waals surface area contributed by atoms with E-state index in [9.17, 15) is 5.11 Å². The Morgan fingerprint density at radius 3 is 2.50 bits per heavy atom. The van der Waals surface area contributed by atoms with Crippen LogP contribution in [0, 0.1) is 11.3 Å². The third kappa shape index (κ3) is 1.35. The van der Waals surface area contributed by atoms with E-state index in [0.29, 0.717) is 12.5 Å². The first kappa shape index (κ1) is 9.69. The van der Waals surface area contributed by atoms with Crippen molar-refractivity contribution in [1.29, 1.82) is 0 Å². The van der Waals surface area contributed by atoms with Gasteiger partial charge in [0.2, 0.25) is 0 Å². The Kier molecular flexibility index (Phi) is 2.33. The van der Waals surface area contributed by atoms with Gasteiger partial charge in [-0.1, -0.05) is 37.3 Å². The Morgan fingerprint density at radius 2 is 2.07 bits per heavy atom. The summed E-state index contributed by atoms with van der Waals surface area (Å²) in [5.41, 5.74) is 6.67. The van der Waals surface area contributed by atoms with Gasteiger partial charge in [-0.3, -0.25) is 0 Å². The van der Waals surface area contributed by atoms with Crippen molar-refractivity contribution in [1.82, 2.24) is 0 Å². The molecule has 1 aromatic rings. The van der Waals surface area contributed by atoms with Crippen LogP contribution in [-0.2, 0) is 0 Å². The van der Waals surface area contributed by atoms with E-state index in [1.807, 2.05) is 30.3 Å². The number of aliphatic hydroxyl groups excluding tert-OH is 1. The van der Waals surface area contributed by atoms with E-state index < -0.39 is 6.10 Å². The highest BCUT2D eigenvalue weighted by molar-refractivity contribution is 5.23. The van der Waals surface area contributed by atoms with Crippen LogP contribution in [0.25, 0.3) is 0 Å². The third-order valence-corrected chi connectivity index (χ3v) is 3.55. The van der Waals surface area contributed by atoms with Gasteiger partial charge in [-0.2, -0.15) is 0 Å². The zero-order valence-electron chi connectivity index (χ0n) is 8.48. The molecular weight excluding hydrogens is 174 g/mol. The molecule has 0 aromatic heterocycles. The van der Waals surface area contributed by atoms with Gasteiger partial charge in [0.1, 0.15) is 0 Å². The Balaban J connectivity index is 2.21. The quantitative estimate of drug-likeness (QED) is 0.764. The van der Waals surface area contributed by atoms with Gasteiger partial charge in [0.05, 0.1) is 6.10 Å². The predicted octanol–water partition coefficient (Wildman–Crippen LogP) is 1.70. The van der Waals surface area contributed by atoms with Crippen LogP contribution in [-0.4, -0.2) is 11.7 Å². The smallest absolute Gasteiger partial charge is 0.0860 e. The second kappa shape index (κ2) is 3.37. The summed E-state index contributed by atoms with van der Waals surface area (Å²) in [7, 11) is 0. The summed E-state index contributed by atoms with van der Waals surface area (Å²) in [6.45, 7) is 2.73. The summed E-state index contributed by atoms with van der Waals surface area (Å²) in [5, 5.41) is 10.2. The summed E-state index contributed by atoms with van der Waals surface area (Å²) >= 11 is 0. The highest BCUT2D eigenvalue weighted by atomic mass is 16.3. The lowest BCUT2D eigenvalue weighted by Gasteiger charge is -2.22. The third-order valence-electron chi connectivity index (χ3n) is 3.55. The fraction of sp³-hybridized carbons (Fsp3) is 0.500. The number of aliphatic hydroxyl groups is 1. The highest BCUT2D eigenvalue weighted by Gasteiger charge is 2.55. The first-order valence-electron chi connectivity index (χ1n) is 5.14. The molecule has 2 rings (SSSR count). The first-order chi connectivity index (χ1) is 6.70. The van der Waals surface area contributed by atoms with Gasteiger partial charge in [-0.15, -0.1) is 0 Å². The van der Waals surface area contributed by atoms with Crippen molar-refractivity contribution in [2.24, 2.45) is 17.1 Å². The molecule has 14 heavy (non-hydrogen) atoms. The molecule has 2 heteroatoms. The number of benzene rings is 1. The Hall–Kier alpha value is -0.860. The normalized spacial score (nSPS) is 32.6. The lowest BCUT2D eigenvalue weighted by Crippen LogP contribution is -2.25. The van der Waals surface area contributed by atoms with Crippen LogP contribution in [0.3, 0.4) is 0 Å². The van der Waals surface area contributed by atoms with Crippen molar-refractivity contribution in [3.8, 4) is 0 Å². The molecule has 3 atom stereocenters. The molecule has 1 aromatic carbocycles. The maximum atomic E-state index is 10.2. The van der Waals surface area contributed by atoms with Crippen LogP contribution in [0.1, 0.15) is 25.0 Å². The van der Waals surface area contributed by atoms with E-state index in [2.05, 4.69) is 6.92 Å². The van der Waals surface area contributed by atoms with Gasteiger partial charge in [-0.05, 0) is 17.9 Å². The molecule has 0 aliphatic heterocycles. The minimum Gasteiger partial charge on any atom is -0.388 e. The van der Waals surface area contributed by atoms with E-state index in [1.54, 1.807) is 0 Å². The number of nitrogens with two attached hydrogens (primary N) is 1. The molecule has 0 bridgehead atoms. The van der Waals surface area contributed by atoms with E-state index in [1.165, 1.54) is 0 Å². The first-order valence-corrected chi connectivity index (χ1v) is 5.14. The molecule has 1 aliphatic rings. The summed E-state index contributed by atoms with van der Waals surface area (Å²) in [6.07, 6.45) is 0.642. The van der Waals surface area contributed by atoms with Crippen LogP contribution < -0.4 is 5.73 Å². The van der Waals surface area contributed by atoms with Crippen LogP contribution in [0.5, 0.6) is 0 Å². The summed E-state index contributed by atoms with van der Waals surface area (Å²) in [4.78, 5) is 0. The second-order valence-corrected chi connectivity index (χ2v) is 4.36. The minimum atomic E-state index is -0.399. The van der Waals surface area contributed by atoms with Crippen LogP contribution in [0.4, 0.5) is 0 Å². The lowest BCUT2D eigenvalue weighted by molar-refractivity contribution is 0.0889. The summed E-state index contributed by atoms with van der Waals surface area (Å²) < 4.78 is 0. The van der Waals surface area contributed by atoms with Gasteiger partial charge in [0.15, 0.2) is 0 Å². The largest absolute Gasteiger partial charge is 0.388 e. The summed E-state index contributed by atoms with van der Waals surface area (Å²) in [6, 6.07) is 9.80. The molecule has 0 unspecified atom stereocenters. The van der Waals surface area contributed by atoms with E-state index >= 15 is 0 Å². The fourth-order valence-corrected chi connectivity index (χ4v) is 2.26. The van der Waals surface area contributed by atoms with Crippen molar-refractivity contribution in [3.05, 3.63) is 35.9 Å². The molecule has 0 radical (unpaired) electrons. The van der Waals surface area contributed by atoms with Crippen LogP contribution >= 0.6 is 0 Å². The van der Waals surface area contributed by atoms with E-state index in [-0.39, 0.29) is 5.41 Å². The molecule has 0 heterocycles. The predicted molar refractivity (Wildman–Crippen MR) is 56.7 cm³/mol. The van der Waals surface area contributed by atoms with Crippen molar-refractivity contribution in [2.45, 2.75) is 19.4 Å². The average Bonchev–Trinajstić information content (AvgIpc) is 2.91. The van der Waals surface area contributed by atoms with Gasteiger partial charge >= 0.3 is 0 Å². The number of rotatable bonds is 3. The zero-order chi connectivity index (χ0) is 10.2. The number of hydrogen-bond donors (Lipinski definition) is 2. The van der Waals surface area contributed by atoms with Crippen molar-refractivity contribution < 1.29 is 5.11 Å². The molecule has 0 spiro atoms. The van der Waals surface area contributed by atoms with Crippen LogP contribution in [0.15, 0.2) is 30.3 Å².